The van der Waals surface area contributed by atoms with Crippen molar-refractivity contribution in [1.29, 1.82) is 0 Å². The largest absolute Gasteiger partial charge is 0.310 e. The molecule has 0 spiro atoms. The molecule has 1 rings (SSSR count). The Kier molecular flexibility index (Phi) is 5.37. The Labute approximate surface area is 96.4 Å². The maximum Gasteiger partial charge on any atom is 0.0637 e. The van der Waals surface area contributed by atoms with Crippen molar-refractivity contribution in [2.75, 3.05) is 6.54 Å². The van der Waals surface area contributed by atoms with E-state index in [1.807, 2.05) is 12.1 Å². The van der Waals surface area contributed by atoms with E-state index in [4.69, 9.17) is 11.6 Å². The van der Waals surface area contributed by atoms with Crippen molar-refractivity contribution < 1.29 is 0 Å². The number of rotatable bonds is 6. The van der Waals surface area contributed by atoms with Gasteiger partial charge in [-0.05, 0) is 31.0 Å². The lowest BCUT2D eigenvalue weighted by Crippen LogP contribution is -2.21. The molecule has 0 aliphatic heterocycles. The van der Waals surface area contributed by atoms with Crippen molar-refractivity contribution in [3.8, 4) is 0 Å². The van der Waals surface area contributed by atoms with Crippen LogP contribution >= 0.6 is 11.6 Å². The number of hydrogen-bond donors (Lipinski definition) is 1. The van der Waals surface area contributed by atoms with Gasteiger partial charge in [-0.25, -0.2) is 0 Å². The first kappa shape index (κ1) is 12.2. The van der Waals surface area contributed by atoms with Gasteiger partial charge in [-0.1, -0.05) is 24.6 Å². The molecular weight excluding hydrogens is 208 g/mol. The van der Waals surface area contributed by atoms with Crippen molar-refractivity contribution in [3.05, 3.63) is 41.7 Å². The highest BCUT2D eigenvalue weighted by atomic mass is 35.5. The van der Waals surface area contributed by atoms with Crippen LogP contribution in [0.4, 0.5) is 0 Å². The molecule has 1 heterocycles. The van der Waals surface area contributed by atoms with Crippen LogP contribution in [0, 0.1) is 0 Å². The van der Waals surface area contributed by atoms with E-state index >= 15 is 0 Å². The maximum absolute atomic E-state index is 6.10. The molecule has 0 bridgehead atoms. The van der Waals surface area contributed by atoms with Gasteiger partial charge in [-0.2, -0.15) is 0 Å². The average molecular weight is 225 g/mol. The van der Waals surface area contributed by atoms with Crippen LogP contribution in [0.25, 0.3) is 0 Å². The quantitative estimate of drug-likeness (QED) is 0.750. The van der Waals surface area contributed by atoms with Gasteiger partial charge in [-0.3, -0.25) is 4.98 Å². The number of nitrogens with one attached hydrogen (secondary N) is 1. The van der Waals surface area contributed by atoms with Crippen LogP contribution in [0.1, 0.15) is 31.4 Å². The van der Waals surface area contributed by atoms with Gasteiger partial charge in [0.1, 0.15) is 0 Å². The average Bonchev–Trinajstić information content (AvgIpc) is 2.25. The topological polar surface area (TPSA) is 24.9 Å². The van der Waals surface area contributed by atoms with Gasteiger partial charge in [0.2, 0.25) is 0 Å². The van der Waals surface area contributed by atoms with E-state index in [9.17, 15) is 0 Å². The molecule has 1 unspecified atom stereocenters. The van der Waals surface area contributed by atoms with Crippen molar-refractivity contribution in [2.45, 2.75) is 25.8 Å². The van der Waals surface area contributed by atoms with E-state index in [2.05, 4.69) is 23.8 Å². The second-order valence-electron chi connectivity index (χ2n) is 3.43. The molecule has 0 radical (unpaired) electrons. The summed E-state index contributed by atoms with van der Waals surface area (Å²) < 4.78 is 0. The summed E-state index contributed by atoms with van der Waals surface area (Å²) in [5, 5.41) is 4.16. The van der Waals surface area contributed by atoms with Crippen molar-refractivity contribution in [1.82, 2.24) is 10.3 Å². The van der Waals surface area contributed by atoms with Gasteiger partial charge >= 0.3 is 0 Å². The molecule has 0 fully saturated rings. The molecule has 1 atom stereocenters. The summed E-state index contributed by atoms with van der Waals surface area (Å²) in [5.74, 6) is 0. The highest BCUT2D eigenvalue weighted by Gasteiger charge is 2.11. The lowest BCUT2D eigenvalue weighted by molar-refractivity contribution is 0.537. The molecule has 0 amide bonds. The van der Waals surface area contributed by atoms with Gasteiger partial charge in [-0.15, -0.1) is 6.58 Å². The van der Waals surface area contributed by atoms with Crippen molar-refractivity contribution >= 4 is 11.6 Å². The third-order valence-electron chi connectivity index (χ3n) is 2.22. The van der Waals surface area contributed by atoms with E-state index in [0.29, 0.717) is 5.02 Å². The molecule has 82 valence electrons. The summed E-state index contributed by atoms with van der Waals surface area (Å²) in [5.41, 5.74) is 1.10. The summed E-state index contributed by atoms with van der Waals surface area (Å²) in [7, 11) is 0. The third-order valence-corrected chi connectivity index (χ3v) is 2.54. The molecular formula is C12H17ClN2. The summed E-state index contributed by atoms with van der Waals surface area (Å²) in [6, 6.07) is 2.21. The number of pyridine rings is 1. The van der Waals surface area contributed by atoms with Crippen LogP contribution in [0.2, 0.25) is 5.02 Å². The van der Waals surface area contributed by atoms with E-state index in [1.165, 1.54) is 0 Å². The molecule has 0 saturated heterocycles. The molecule has 15 heavy (non-hydrogen) atoms. The van der Waals surface area contributed by atoms with Crippen LogP contribution in [0.3, 0.4) is 0 Å². The Hall–Kier alpha value is -0.860. The van der Waals surface area contributed by atoms with Crippen LogP contribution in [0.15, 0.2) is 31.1 Å². The Balaban J connectivity index is 2.78. The fourth-order valence-electron chi connectivity index (χ4n) is 1.47. The number of hydrogen-bond acceptors (Lipinski definition) is 2. The molecule has 2 nitrogen and oxygen atoms in total. The smallest absolute Gasteiger partial charge is 0.0637 e. The summed E-state index contributed by atoms with van der Waals surface area (Å²) in [4.78, 5) is 3.98. The first-order chi connectivity index (χ1) is 7.29. The lowest BCUT2D eigenvalue weighted by atomic mass is 10.1. The van der Waals surface area contributed by atoms with Crippen molar-refractivity contribution in [2.24, 2.45) is 0 Å². The zero-order valence-corrected chi connectivity index (χ0v) is 9.80. The van der Waals surface area contributed by atoms with Gasteiger partial charge in [0.15, 0.2) is 0 Å². The van der Waals surface area contributed by atoms with Crippen molar-refractivity contribution in [3.63, 3.8) is 0 Å². The first-order valence-corrected chi connectivity index (χ1v) is 5.61. The standard InChI is InChI=1S/C12H17ClN2/c1-3-5-12(15-7-4-2)10-6-8-14-9-11(10)13/h3,6,8-9,12,15H,1,4-5,7H2,2H3. The van der Waals surface area contributed by atoms with Gasteiger partial charge < -0.3 is 5.32 Å². The summed E-state index contributed by atoms with van der Waals surface area (Å²) >= 11 is 6.10. The lowest BCUT2D eigenvalue weighted by Gasteiger charge is -2.18. The highest BCUT2D eigenvalue weighted by molar-refractivity contribution is 6.31. The molecule has 0 aliphatic carbocycles. The Bertz CT molecular complexity index is 312. The molecule has 3 heteroatoms. The SMILES string of the molecule is C=CCC(NCCC)c1ccncc1Cl. The molecule has 1 aromatic rings. The van der Waals surface area contributed by atoms with E-state index in [1.54, 1.807) is 12.4 Å². The zero-order chi connectivity index (χ0) is 11.1. The predicted octanol–water partition coefficient (Wildman–Crippen LogP) is 3.35. The van der Waals surface area contributed by atoms with Crippen LogP contribution < -0.4 is 5.32 Å². The van der Waals surface area contributed by atoms with Gasteiger partial charge in [0, 0.05) is 18.4 Å². The zero-order valence-electron chi connectivity index (χ0n) is 9.04. The molecule has 1 N–H and O–H groups in total. The fourth-order valence-corrected chi connectivity index (χ4v) is 1.73. The van der Waals surface area contributed by atoms with E-state index in [0.717, 1.165) is 24.9 Å². The van der Waals surface area contributed by atoms with Crippen LogP contribution in [-0.2, 0) is 0 Å². The second kappa shape index (κ2) is 6.59. The molecule has 1 aromatic heterocycles. The maximum atomic E-state index is 6.10. The van der Waals surface area contributed by atoms with Crippen LogP contribution in [0.5, 0.6) is 0 Å². The molecule has 0 aliphatic rings. The monoisotopic (exact) mass is 224 g/mol. The second-order valence-corrected chi connectivity index (χ2v) is 3.84. The van der Waals surface area contributed by atoms with E-state index < -0.39 is 0 Å². The third kappa shape index (κ3) is 3.65. The number of nitrogens with zero attached hydrogens (tertiary/aromatic N) is 1. The van der Waals surface area contributed by atoms with E-state index in [-0.39, 0.29) is 6.04 Å². The molecule has 0 aromatic carbocycles. The van der Waals surface area contributed by atoms with Gasteiger partial charge in [0.05, 0.1) is 5.02 Å². The first-order valence-electron chi connectivity index (χ1n) is 5.23. The van der Waals surface area contributed by atoms with Gasteiger partial charge in [0.25, 0.3) is 0 Å². The number of halogens is 1. The summed E-state index contributed by atoms with van der Waals surface area (Å²) in [6.07, 6.45) is 7.34. The normalized spacial score (nSPS) is 12.4. The Morgan fingerprint density at radius 1 is 1.67 bits per heavy atom. The minimum Gasteiger partial charge on any atom is -0.310 e. The predicted molar refractivity (Wildman–Crippen MR) is 65.1 cm³/mol. The highest BCUT2D eigenvalue weighted by Crippen LogP contribution is 2.24. The summed E-state index contributed by atoms with van der Waals surface area (Å²) in [6.45, 7) is 6.89. The Morgan fingerprint density at radius 3 is 3.07 bits per heavy atom. The minimum atomic E-state index is 0.248. The Morgan fingerprint density at radius 2 is 2.47 bits per heavy atom. The molecule has 0 saturated carbocycles. The fraction of sp³-hybridized carbons (Fsp3) is 0.417. The van der Waals surface area contributed by atoms with Crippen LogP contribution in [-0.4, -0.2) is 11.5 Å². The minimum absolute atomic E-state index is 0.248. The number of aromatic nitrogens is 1.